The largest absolute Gasteiger partial charge is 0.350 e. The normalized spacial score (nSPS) is 10.6. The van der Waals surface area contributed by atoms with E-state index >= 15 is 0 Å². The SMILES string of the molecule is O=C(Cn1nnc(-c2cccc(Cl)c2)n1)NCc1ccccc1Cl. The highest BCUT2D eigenvalue weighted by Gasteiger charge is 2.10. The minimum Gasteiger partial charge on any atom is -0.350 e. The maximum atomic E-state index is 12.0. The summed E-state index contributed by atoms with van der Waals surface area (Å²) in [5, 5.41) is 16.0. The van der Waals surface area contributed by atoms with Crippen LogP contribution in [-0.4, -0.2) is 26.1 Å². The van der Waals surface area contributed by atoms with Gasteiger partial charge in [0.2, 0.25) is 11.7 Å². The first-order valence-corrected chi connectivity index (χ1v) is 7.91. The van der Waals surface area contributed by atoms with Crippen LogP contribution in [0.1, 0.15) is 5.56 Å². The Morgan fingerprint density at radius 1 is 1.12 bits per heavy atom. The summed E-state index contributed by atoms with van der Waals surface area (Å²) in [5.41, 5.74) is 1.59. The van der Waals surface area contributed by atoms with E-state index in [9.17, 15) is 4.79 Å². The molecule has 1 N–H and O–H groups in total. The average molecular weight is 362 g/mol. The van der Waals surface area contributed by atoms with E-state index in [1.165, 1.54) is 4.80 Å². The van der Waals surface area contributed by atoms with Crippen molar-refractivity contribution in [2.75, 3.05) is 0 Å². The zero-order valence-electron chi connectivity index (χ0n) is 12.5. The fraction of sp³-hybridized carbons (Fsp3) is 0.125. The van der Waals surface area contributed by atoms with Gasteiger partial charge < -0.3 is 5.32 Å². The van der Waals surface area contributed by atoms with Crippen molar-refractivity contribution in [3.8, 4) is 11.4 Å². The molecule has 2 aromatic carbocycles. The van der Waals surface area contributed by atoms with Gasteiger partial charge in [0.25, 0.3) is 0 Å². The highest BCUT2D eigenvalue weighted by atomic mass is 35.5. The van der Waals surface area contributed by atoms with Crippen molar-refractivity contribution in [3.05, 3.63) is 64.1 Å². The number of hydrogen-bond acceptors (Lipinski definition) is 4. The number of nitrogens with zero attached hydrogens (tertiary/aromatic N) is 4. The second-order valence-electron chi connectivity index (χ2n) is 5.02. The number of hydrogen-bond donors (Lipinski definition) is 1. The number of carbonyl (C=O) groups excluding carboxylic acids is 1. The van der Waals surface area contributed by atoms with Crippen LogP contribution < -0.4 is 5.32 Å². The molecule has 0 unspecified atom stereocenters. The summed E-state index contributed by atoms with van der Waals surface area (Å²) in [6, 6.07) is 14.5. The molecule has 0 bridgehead atoms. The lowest BCUT2D eigenvalue weighted by atomic mass is 10.2. The lowest BCUT2D eigenvalue weighted by Crippen LogP contribution is -2.28. The summed E-state index contributed by atoms with van der Waals surface area (Å²) in [6.07, 6.45) is 0. The highest BCUT2D eigenvalue weighted by Crippen LogP contribution is 2.18. The summed E-state index contributed by atoms with van der Waals surface area (Å²) in [5.74, 6) is 0.182. The van der Waals surface area contributed by atoms with Gasteiger partial charge in [-0.15, -0.1) is 10.2 Å². The first kappa shape index (κ1) is 16.4. The molecule has 0 aliphatic carbocycles. The van der Waals surface area contributed by atoms with Crippen LogP contribution in [0.25, 0.3) is 11.4 Å². The van der Waals surface area contributed by atoms with Crippen molar-refractivity contribution >= 4 is 29.1 Å². The van der Waals surface area contributed by atoms with E-state index in [4.69, 9.17) is 23.2 Å². The highest BCUT2D eigenvalue weighted by molar-refractivity contribution is 6.31. The van der Waals surface area contributed by atoms with Crippen molar-refractivity contribution < 1.29 is 4.79 Å². The Bertz CT molecular complexity index is 865. The van der Waals surface area contributed by atoms with Crippen molar-refractivity contribution in [3.63, 3.8) is 0 Å². The van der Waals surface area contributed by atoms with E-state index in [0.29, 0.717) is 22.4 Å². The van der Waals surface area contributed by atoms with Crippen LogP contribution >= 0.6 is 23.2 Å². The van der Waals surface area contributed by atoms with E-state index in [0.717, 1.165) is 11.1 Å². The number of rotatable bonds is 5. The molecule has 3 aromatic rings. The van der Waals surface area contributed by atoms with Gasteiger partial charge in [-0.25, -0.2) is 0 Å². The Kier molecular flexibility index (Phi) is 5.08. The van der Waals surface area contributed by atoms with Crippen molar-refractivity contribution in [2.24, 2.45) is 0 Å². The lowest BCUT2D eigenvalue weighted by Gasteiger charge is -2.06. The van der Waals surface area contributed by atoms with Gasteiger partial charge in [0, 0.05) is 22.2 Å². The fourth-order valence-electron chi connectivity index (χ4n) is 2.07. The smallest absolute Gasteiger partial charge is 0.243 e. The molecular formula is C16H13Cl2N5O. The van der Waals surface area contributed by atoms with E-state index in [1.54, 1.807) is 24.3 Å². The molecule has 24 heavy (non-hydrogen) atoms. The van der Waals surface area contributed by atoms with E-state index in [-0.39, 0.29) is 12.5 Å². The number of halogens is 2. The molecule has 0 fully saturated rings. The number of carbonyl (C=O) groups is 1. The van der Waals surface area contributed by atoms with Crippen molar-refractivity contribution in [1.29, 1.82) is 0 Å². The molecule has 122 valence electrons. The standard InChI is InChI=1S/C16H13Cl2N5O/c17-13-6-3-5-11(8-13)16-20-22-23(21-16)10-15(24)19-9-12-4-1-2-7-14(12)18/h1-8H,9-10H2,(H,19,24). The summed E-state index contributed by atoms with van der Waals surface area (Å²) in [6.45, 7) is 0.312. The number of aromatic nitrogens is 4. The van der Waals surface area contributed by atoms with E-state index in [1.807, 2.05) is 24.3 Å². The van der Waals surface area contributed by atoms with E-state index < -0.39 is 0 Å². The molecule has 0 aliphatic heterocycles. The zero-order valence-corrected chi connectivity index (χ0v) is 14.0. The summed E-state index contributed by atoms with van der Waals surface area (Å²) in [7, 11) is 0. The average Bonchev–Trinajstić information content (AvgIpc) is 3.02. The van der Waals surface area contributed by atoms with Crippen LogP contribution in [0.2, 0.25) is 10.0 Å². The lowest BCUT2D eigenvalue weighted by molar-refractivity contribution is -0.122. The van der Waals surface area contributed by atoms with Gasteiger partial charge in [0.1, 0.15) is 6.54 Å². The minimum atomic E-state index is -0.232. The summed E-state index contributed by atoms with van der Waals surface area (Å²) < 4.78 is 0. The number of amides is 1. The molecule has 1 aromatic heterocycles. The van der Waals surface area contributed by atoms with Crippen LogP contribution in [0.4, 0.5) is 0 Å². The quantitative estimate of drug-likeness (QED) is 0.758. The Morgan fingerprint density at radius 2 is 1.96 bits per heavy atom. The first-order valence-electron chi connectivity index (χ1n) is 7.15. The molecule has 0 aliphatic rings. The van der Waals surface area contributed by atoms with Crippen LogP contribution in [0.5, 0.6) is 0 Å². The molecule has 0 atom stereocenters. The Morgan fingerprint density at radius 3 is 2.75 bits per heavy atom. The van der Waals surface area contributed by atoms with Crippen molar-refractivity contribution in [2.45, 2.75) is 13.1 Å². The summed E-state index contributed by atoms with van der Waals surface area (Å²) in [4.78, 5) is 13.2. The second-order valence-corrected chi connectivity index (χ2v) is 5.87. The van der Waals surface area contributed by atoms with Crippen LogP contribution in [-0.2, 0) is 17.9 Å². The van der Waals surface area contributed by atoms with Gasteiger partial charge in [-0.3, -0.25) is 4.79 Å². The maximum absolute atomic E-state index is 12.0. The second kappa shape index (κ2) is 7.42. The topological polar surface area (TPSA) is 72.7 Å². The minimum absolute atomic E-state index is 0.0297. The third kappa shape index (κ3) is 4.10. The molecule has 8 heteroatoms. The van der Waals surface area contributed by atoms with E-state index in [2.05, 4.69) is 20.7 Å². The predicted molar refractivity (Wildman–Crippen MR) is 91.6 cm³/mol. The maximum Gasteiger partial charge on any atom is 0.243 e. The molecule has 1 heterocycles. The number of nitrogens with one attached hydrogen (secondary N) is 1. The van der Waals surface area contributed by atoms with Gasteiger partial charge in [-0.1, -0.05) is 53.5 Å². The van der Waals surface area contributed by atoms with Crippen LogP contribution in [0.15, 0.2) is 48.5 Å². The van der Waals surface area contributed by atoms with Gasteiger partial charge in [0.15, 0.2) is 0 Å². The fourth-order valence-corrected chi connectivity index (χ4v) is 2.47. The summed E-state index contributed by atoms with van der Waals surface area (Å²) >= 11 is 12.0. The van der Waals surface area contributed by atoms with Crippen LogP contribution in [0.3, 0.4) is 0 Å². The molecule has 6 nitrogen and oxygen atoms in total. The molecule has 1 amide bonds. The number of tetrazole rings is 1. The Balaban J connectivity index is 1.60. The molecule has 0 saturated carbocycles. The number of benzene rings is 2. The van der Waals surface area contributed by atoms with Gasteiger partial charge >= 0.3 is 0 Å². The van der Waals surface area contributed by atoms with Gasteiger partial charge in [-0.2, -0.15) is 4.80 Å². The Labute approximate surface area is 148 Å². The Hall–Kier alpha value is -2.44. The molecule has 3 rings (SSSR count). The zero-order chi connectivity index (χ0) is 16.9. The molecule has 0 saturated heterocycles. The monoisotopic (exact) mass is 361 g/mol. The molecular weight excluding hydrogens is 349 g/mol. The van der Waals surface area contributed by atoms with Gasteiger partial charge in [0.05, 0.1) is 0 Å². The first-order chi connectivity index (χ1) is 11.6. The third-order valence-corrected chi connectivity index (χ3v) is 3.86. The molecule has 0 radical (unpaired) electrons. The van der Waals surface area contributed by atoms with Gasteiger partial charge in [-0.05, 0) is 29.0 Å². The van der Waals surface area contributed by atoms with Crippen molar-refractivity contribution in [1.82, 2.24) is 25.5 Å². The molecule has 0 spiro atoms. The predicted octanol–water partition coefficient (Wildman–Crippen LogP) is 2.96. The third-order valence-electron chi connectivity index (χ3n) is 3.25. The van der Waals surface area contributed by atoms with Crippen LogP contribution in [0, 0.1) is 0 Å².